The Morgan fingerprint density at radius 2 is 1.79 bits per heavy atom. The maximum Gasteiger partial charge on any atom is 0.416 e. The van der Waals surface area contributed by atoms with Crippen LogP contribution in [0.5, 0.6) is 0 Å². The number of benzene rings is 2. The summed E-state index contributed by atoms with van der Waals surface area (Å²) in [5.41, 5.74) is 1.12. The van der Waals surface area contributed by atoms with Crippen molar-refractivity contribution in [1.29, 1.82) is 0 Å². The SMILES string of the molecule is CCN1CCCC1CCc1nc(Nc2ccc(C(F)(F)F)cc2)c2nc(Cc3c(Cl)cccc3Cl)sc2n1. The van der Waals surface area contributed by atoms with Crippen LogP contribution in [0, 0.1) is 0 Å². The normalized spacial score (nSPS) is 16.4. The molecule has 0 saturated carbocycles. The van der Waals surface area contributed by atoms with E-state index in [0.29, 0.717) is 56.6 Å². The van der Waals surface area contributed by atoms with E-state index in [2.05, 4.69) is 17.1 Å². The van der Waals surface area contributed by atoms with Crippen molar-refractivity contribution < 1.29 is 13.2 Å². The molecule has 2 aromatic heterocycles. The fraction of sp³-hybridized carbons (Fsp3) is 0.370. The van der Waals surface area contributed by atoms with Gasteiger partial charge in [-0.1, -0.05) is 47.5 Å². The molecule has 3 heterocycles. The number of hydrogen-bond donors (Lipinski definition) is 1. The monoisotopic (exact) mass is 579 g/mol. The summed E-state index contributed by atoms with van der Waals surface area (Å²) in [5.74, 6) is 1.15. The Morgan fingerprint density at radius 3 is 2.47 bits per heavy atom. The Kier molecular flexibility index (Phi) is 8.09. The largest absolute Gasteiger partial charge is 0.416 e. The van der Waals surface area contributed by atoms with Gasteiger partial charge in [0, 0.05) is 34.6 Å². The second kappa shape index (κ2) is 11.3. The molecule has 0 spiro atoms. The zero-order valence-electron chi connectivity index (χ0n) is 20.7. The van der Waals surface area contributed by atoms with Gasteiger partial charge < -0.3 is 10.2 Å². The van der Waals surface area contributed by atoms with E-state index in [-0.39, 0.29) is 0 Å². The number of hydrogen-bond acceptors (Lipinski definition) is 6. The molecule has 1 N–H and O–H groups in total. The fourth-order valence-electron chi connectivity index (χ4n) is 4.85. The van der Waals surface area contributed by atoms with Crippen LogP contribution in [0.1, 0.15) is 48.1 Å². The quantitative estimate of drug-likeness (QED) is 0.228. The van der Waals surface area contributed by atoms with Crippen LogP contribution in [-0.4, -0.2) is 39.0 Å². The predicted molar refractivity (Wildman–Crippen MR) is 148 cm³/mol. The first kappa shape index (κ1) is 27.1. The number of rotatable bonds is 8. The van der Waals surface area contributed by atoms with Gasteiger partial charge in [-0.3, -0.25) is 0 Å². The molecule has 1 unspecified atom stereocenters. The number of nitrogens with one attached hydrogen (secondary N) is 1. The highest BCUT2D eigenvalue weighted by atomic mass is 35.5. The van der Waals surface area contributed by atoms with Crippen LogP contribution < -0.4 is 5.32 Å². The summed E-state index contributed by atoms with van der Waals surface area (Å²) in [6.07, 6.45) is 0.0345. The van der Waals surface area contributed by atoms with Gasteiger partial charge in [-0.25, -0.2) is 15.0 Å². The Hall–Kier alpha value is -2.46. The molecule has 11 heteroatoms. The van der Waals surface area contributed by atoms with Crippen molar-refractivity contribution in [3.05, 3.63) is 74.5 Å². The molecule has 0 bridgehead atoms. The van der Waals surface area contributed by atoms with Gasteiger partial charge in [-0.05, 0) is 74.3 Å². The minimum absolute atomic E-state index is 0.433. The Labute approximate surface area is 233 Å². The highest BCUT2D eigenvalue weighted by Crippen LogP contribution is 2.34. The number of halogens is 5. The van der Waals surface area contributed by atoms with E-state index in [1.54, 1.807) is 18.2 Å². The molecular weight excluding hydrogens is 554 g/mol. The van der Waals surface area contributed by atoms with Crippen LogP contribution in [0.3, 0.4) is 0 Å². The standard InChI is InChI=1S/C27H26Cl2F3N5S/c1-2-37-14-4-5-18(37)12-13-22-34-25(33-17-10-8-16(9-11-17)27(30,31)32)24-26(35-22)38-23(36-24)15-19-20(28)6-3-7-21(19)29/h3,6-11,18H,2,4-5,12-15H2,1H3,(H,33,34,35). The van der Waals surface area contributed by atoms with Crippen LogP contribution in [0.15, 0.2) is 42.5 Å². The second-order valence-electron chi connectivity index (χ2n) is 9.29. The molecule has 0 amide bonds. The molecule has 2 aromatic carbocycles. The number of aryl methyl sites for hydroxylation is 1. The molecule has 1 aliphatic rings. The molecule has 1 atom stereocenters. The maximum absolute atomic E-state index is 13.0. The number of aromatic nitrogens is 3. The molecular formula is C27H26Cl2F3N5S. The second-order valence-corrected chi connectivity index (χ2v) is 11.2. The Morgan fingerprint density at radius 1 is 1.05 bits per heavy atom. The van der Waals surface area contributed by atoms with E-state index in [0.717, 1.165) is 48.6 Å². The smallest absolute Gasteiger partial charge is 0.338 e. The molecule has 5 nitrogen and oxygen atoms in total. The summed E-state index contributed by atoms with van der Waals surface area (Å²) >= 11 is 14.2. The number of thiazole rings is 1. The van der Waals surface area contributed by atoms with Crippen molar-refractivity contribution >= 4 is 56.4 Å². The lowest BCUT2D eigenvalue weighted by molar-refractivity contribution is -0.137. The first-order valence-corrected chi connectivity index (χ1v) is 14.1. The molecule has 1 saturated heterocycles. The number of fused-ring (bicyclic) bond motifs is 1. The van der Waals surface area contributed by atoms with Gasteiger partial charge in [0.25, 0.3) is 0 Å². The first-order valence-electron chi connectivity index (χ1n) is 12.5. The van der Waals surface area contributed by atoms with Gasteiger partial charge in [-0.2, -0.15) is 13.2 Å². The van der Waals surface area contributed by atoms with Gasteiger partial charge in [-0.15, -0.1) is 0 Å². The van der Waals surface area contributed by atoms with Crippen LogP contribution in [0.25, 0.3) is 10.3 Å². The van der Waals surface area contributed by atoms with E-state index >= 15 is 0 Å². The third-order valence-corrected chi connectivity index (χ3v) is 8.48. The molecule has 1 fully saturated rings. The molecule has 200 valence electrons. The third-order valence-electron chi connectivity index (χ3n) is 6.82. The number of alkyl halides is 3. The summed E-state index contributed by atoms with van der Waals surface area (Å²) in [5, 5.41) is 5.06. The van der Waals surface area contributed by atoms with Gasteiger partial charge in [0.2, 0.25) is 0 Å². The average molecular weight is 581 g/mol. The summed E-state index contributed by atoms with van der Waals surface area (Å²) in [6, 6.07) is 10.8. The lowest BCUT2D eigenvalue weighted by atomic mass is 10.1. The van der Waals surface area contributed by atoms with Crippen LogP contribution >= 0.6 is 34.5 Å². The van der Waals surface area contributed by atoms with Gasteiger partial charge in [0.15, 0.2) is 5.82 Å². The Balaban J connectivity index is 1.47. The van der Waals surface area contributed by atoms with Crippen molar-refractivity contribution in [2.45, 2.75) is 51.2 Å². The lowest BCUT2D eigenvalue weighted by Gasteiger charge is -2.22. The summed E-state index contributed by atoms with van der Waals surface area (Å²) in [7, 11) is 0. The van der Waals surface area contributed by atoms with E-state index in [1.165, 1.54) is 29.9 Å². The van der Waals surface area contributed by atoms with Gasteiger partial charge in [0.1, 0.15) is 21.2 Å². The summed E-state index contributed by atoms with van der Waals surface area (Å²) in [6.45, 7) is 4.32. The van der Waals surface area contributed by atoms with Crippen molar-refractivity contribution in [2.24, 2.45) is 0 Å². The molecule has 4 aromatic rings. The topological polar surface area (TPSA) is 53.9 Å². The predicted octanol–water partition coefficient (Wildman–Crippen LogP) is 8.16. The zero-order chi connectivity index (χ0) is 26.9. The van der Waals surface area contributed by atoms with Crippen molar-refractivity contribution in [1.82, 2.24) is 19.9 Å². The number of likely N-dealkylation sites (tertiary alicyclic amines) is 1. The van der Waals surface area contributed by atoms with Gasteiger partial charge >= 0.3 is 6.18 Å². The maximum atomic E-state index is 13.0. The van der Waals surface area contributed by atoms with Crippen LogP contribution in [0.4, 0.5) is 24.7 Å². The fourth-order valence-corrected chi connectivity index (χ4v) is 6.35. The molecule has 5 rings (SSSR count). The molecule has 1 aliphatic heterocycles. The molecule has 0 radical (unpaired) electrons. The third kappa shape index (κ3) is 6.06. The minimum Gasteiger partial charge on any atom is -0.338 e. The molecule has 0 aliphatic carbocycles. The highest BCUT2D eigenvalue weighted by molar-refractivity contribution is 7.18. The van der Waals surface area contributed by atoms with E-state index < -0.39 is 11.7 Å². The van der Waals surface area contributed by atoms with Crippen molar-refractivity contribution in [3.8, 4) is 0 Å². The van der Waals surface area contributed by atoms with E-state index in [1.807, 2.05) is 0 Å². The number of anilines is 2. The zero-order valence-corrected chi connectivity index (χ0v) is 23.0. The van der Waals surface area contributed by atoms with Crippen molar-refractivity contribution in [3.63, 3.8) is 0 Å². The van der Waals surface area contributed by atoms with Crippen molar-refractivity contribution in [2.75, 3.05) is 18.4 Å². The summed E-state index contributed by atoms with van der Waals surface area (Å²) < 4.78 is 39.1. The first-order chi connectivity index (χ1) is 18.2. The van der Waals surface area contributed by atoms with Gasteiger partial charge in [0.05, 0.1) is 5.56 Å². The molecule has 38 heavy (non-hydrogen) atoms. The van der Waals surface area contributed by atoms with Crippen LogP contribution in [0.2, 0.25) is 10.0 Å². The minimum atomic E-state index is -4.40. The Bertz CT molecular complexity index is 1400. The average Bonchev–Trinajstić information content (AvgIpc) is 3.51. The number of nitrogens with zero attached hydrogens (tertiary/aromatic N) is 4. The van der Waals surface area contributed by atoms with E-state index in [4.69, 9.17) is 38.2 Å². The van der Waals surface area contributed by atoms with Crippen LogP contribution in [-0.2, 0) is 19.0 Å². The highest BCUT2D eigenvalue weighted by Gasteiger charge is 2.30. The summed E-state index contributed by atoms with van der Waals surface area (Å²) in [4.78, 5) is 17.5. The lowest BCUT2D eigenvalue weighted by Crippen LogP contribution is -2.29. The van der Waals surface area contributed by atoms with E-state index in [9.17, 15) is 13.2 Å².